The van der Waals surface area contributed by atoms with Crippen molar-refractivity contribution in [1.82, 2.24) is 4.98 Å². The third-order valence-electron chi connectivity index (χ3n) is 2.17. The van der Waals surface area contributed by atoms with E-state index in [-0.39, 0.29) is 6.61 Å². The Morgan fingerprint density at radius 1 is 1.13 bits per heavy atom. The molecule has 0 aliphatic rings. The molecule has 1 aromatic carbocycles. The summed E-state index contributed by atoms with van der Waals surface area (Å²) in [5.41, 5.74) is 2.57. The third-order valence-corrected chi connectivity index (χ3v) is 2.50. The molecule has 15 heavy (non-hydrogen) atoms. The second-order valence-electron chi connectivity index (χ2n) is 3.18. The molecule has 1 aromatic heterocycles. The zero-order valence-corrected chi connectivity index (χ0v) is 8.78. The highest BCUT2D eigenvalue weighted by Crippen LogP contribution is 2.26. The summed E-state index contributed by atoms with van der Waals surface area (Å²) in [6.45, 7) is -0.0389. The number of nitrogens with zero attached hydrogens (tertiary/aromatic N) is 1. The van der Waals surface area contributed by atoms with Gasteiger partial charge in [0.05, 0.1) is 12.3 Å². The molecule has 0 aliphatic carbocycles. The molecule has 2 aromatic rings. The van der Waals surface area contributed by atoms with Crippen LogP contribution in [-0.4, -0.2) is 10.1 Å². The van der Waals surface area contributed by atoms with Gasteiger partial charge in [-0.15, -0.1) is 0 Å². The molecule has 3 heteroatoms. The molecule has 0 saturated heterocycles. The molecule has 0 aliphatic heterocycles. The number of pyridine rings is 1. The summed E-state index contributed by atoms with van der Waals surface area (Å²) in [5.74, 6) is 0. The molecule has 2 nitrogen and oxygen atoms in total. The minimum Gasteiger partial charge on any atom is -0.390 e. The summed E-state index contributed by atoms with van der Waals surface area (Å²) >= 11 is 6.06. The molecular weight excluding hydrogens is 210 g/mol. The Morgan fingerprint density at radius 2 is 1.93 bits per heavy atom. The lowest BCUT2D eigenvalue weighted by atomic mass is 10.1. The van der Waals surface area contributed by atoms with Crippen LogP contribution >= 0.6 is 11.6 Å². The zero-order chi connectivity index (χ0) is 10.7. The number of hydrogen-bond acceptors (Lipinski definition) is 2. The average molecular weight is 220 g/mol. The Kier molecular flexibility index (Phi) is 2.99. The second-order valence-corrected chi connectivity index (χ2v) is 3.58. The third kappa shape index (κ3) is 2.17. The van der Waals surface area contributed by atoms with Crippen LogP contribution in [0.3, 0.4) is 0 Å². The van der Waals surface area contributed by atoms with E-state index in [1.807, 2.05) is 30.3 Å². The molecule has 1 heterocycles. The van der Waals surface area contributed by atoms with Gasteiger partial charge in [0, 0.05) is 22.3 Å². The maximum Gasteiger partial charge on any atom is 0.0852 e. The quantitative estimate of drug-likeness (QED) is 0.843. The first-order valence-electron chi connectivity index (χ1n) is 4.62. The molecule has 1 N–H and O–H groups in total. The predicted octanol–water partition coefficient (Wildman–Crippen LogP) is 2.89. The summed E-state index contributed by atoms with van der Waals surface area (Å²) in [4.78, 5) is 4.11. The molecule has 0 fully saturated rings. The van der Waals surface area contributed by atoms with Crippen LogP contribution in [0, 0.1) is 0 Å². The number of hydrogen-bond donors (Lipinski definition) is 1. The fourth-order valence-electron chi connectivity index (χ4n) is 1.37. The van der Waals surface area contributed by atoms with Gasteiger partial charge in [0.25, 0.3) is 0 Å². The molecule has 0 amide bonds. The molecule has 76 valence electrons. The van der Waals surface area contributed by atoms with E-state index in [0.29, 0.717) is 10.7 Å². The van der Waals surface area contributed by atoms with Crippen molar-refractivity contribution >= 4 is 11.6 Å². The monoisotopic (exact) mass is 219 g/mol. The fourth-order valence-corrected chi connectivity index (χ4v) is 1.62. The molecule has 0 atom stereocenters. The lowest BCUT2D eigenvalue weighted by molar-refractivity contribution is 0.277. The number of aromatic nitrogens is 1. The largest absolute Gasteiger partial charge is 0.390 e. The summed E-state index contributed by atoms with van der Waals surface area (Å²) in [5, 5.41) is 9.57. The van der Waals surface area contributed by atoms with Crippen molar-refractivity contribution in [3.05, 3.63) is 53.3 Å². The van der Waals surface area contributed by atoms with E-state index in [0.717, 1.165) is 11.1 Å². The van der Waals surface area contributed by atoms with Crippen molar-refractivity contribution in [3.63, 3.8) is 0 Å². The van der Waals surface area contributed by atoms with Gasteiger partial charge in [0.2, 0.25) is 0 Å². The summed E-state index contributed by atoms with van der Waals surface area (Å²) < 4.78 is 0. The lowest BCUT2D eigenvalue weighted by Crippen LogP contribution is -1.88. The summed E-state index contributed by atoms with van der Waals surface area (Å²) in [6, 6.07) is 11.3. The van der Waals surface area contributed by atoms with E-state index in [1.165, 1.54) is 0 Å². The van der Waals surface area contributed by atoms with Crippen molar-refractivity contribution < 1.29 is 5.11 Å². The Morgan fingerprint density at radius 3 is 2.53 bits per heavy atom. The lowest BCUT2D eigenvalue weighted by Gasteiger charge is -2.04. The van der Waals surface area contributed by atoms with Gasteiger partial charge in [-0.05, 0) is 12.1 Å². The number of halogens is 1. The Bertz CT molecular complexity index is 453. The molecule has 2 rings (SSSR count). The van der Waals surface area contributed by atoms with E-state index in [9.17, 15) is 0 Å². The van der Waals surface area contributed by atoms with Crippen molar-refractivity contribution in [2.45, 2.75) is 6.61 Å². The van der Waals surface area contributed by atoms with E-state index in [4.69, 9.17) is 16.7 Å². The average Bonchev–Trinajstić information content (AvgIpc) is 2.30. The first-order valence-corrected chi connectivity index (χ1v) is 5.00. The van der Waals surface area contributed by atoms with Gasteiger partial charge in [0.1, 0.15) is 0 Å². The standard InChI is InChI=1S/C12H10ClNO/c13-12-4-2-1-3-11(12)9-5-6-10(8-15)14-7-9/h1-7,15H,8H2. The van der Waals surface area contributed by atoms with Gasteiger partial charge < -0.3 is 5.11 Å². The van der Waals surface area contributed by atoms with Crippen LogP contribution in [0.25, 0.3) is 11.1 Å². The van der Waals surface area contributed by atoms with E-state index < -0.39 is 0 Å². The minimum atomic E-state index is -0.0389. The normalized spacial score (nSPS) is 10.3. The predicted molar refractivity (Wildman–Crippen MR) is 60.6 cm³/mol. The SMILES string of the molecule is OCc1ccc(-c2ccccc2Cl)cn1. The molecular formula is C12H10ClNO. The topological polar surface area (TPSA) is 33.1 Å². The van der Waals surface area contributed by atoms with Gasteiger partial charge in [-0.1, -0.05) is 35.9 Å². The first-order chi connectivity index (χ1) is 7.31. The van der Waals surface area contributed by atoms with Crippen LogP contribution < -0.4 is 0 Å². The highest BCUT2D eigenvalue weighted by molar-refractivity contribution is 6.33. The second kappa shape index (κ2) is 4.43. The molecule has 0 unspecified atom stereocenters. The highest BCUT2D eigenvalue weighted by Gasteiger charge is 2.02. The van der Waals surface area contributed by atoms with Crippen LogP contribution in [-0.2, 0) is 6.61 Å². The Balaban J connectivity index is 2.42. The number of benzene rings is 1. The van der Waals surface area contributed by atoms with Crippen LogP contribution in [0.2, 0.25) is 5.02 Å². The van der Waals surface area contributed by atoms with Crippen molar-refractivity contribution in [2.24, 2.45) is 0 Å². The Labute approximate surface area is 93.2 Å². The number of aliphatic hydroxyl groups excluding tert-OH is 1. The van der Waals surface area contributed by atoms with Gasteiger partial charge >= 0.3 is 0 Å². The minimum absolute atomic E-state index is 0.0389. The van der Waals surface area contributed by atoms with Crippen LogP contribution in [0.4, 0.5) is 0 Å². The van der Waals surface area contributed by atoms with E-state index >= 15 is 0 Å². The molecule has 0 bridgehead atoms. The maximum absolute atomic E-state index is 8.87. The van der Waals surface area contributed by atoms with E-state index in [1.54, 1.807) is 12.3 Å². The molecule has 0 spiro atoms. The van der Waals surface area contributed by atoms with Crippen LogP contribution in [0.5, 0.6) is 0 Å². The van der Waals surface area contributed by atoms with Crippen molar-refractivity contribution in [3.8, 4) is 11.1 Å². The molecule has 0 radical (unpaired) electrons. The smallest absolute Gasteiger partial charge is 0.0852 e. The summed E-state index contributed by atoms with van der Waals surface area (Å²) in [7, 11) is 0. The Hall–Kier alpha value is -1.38. The molecule has 0 saturated carbocycles. The van der Waals surface area contributed by atoms with Gasteiger partial charge in [-0.3, -0.25) is 4.98 Å². The van der Waals surface area contributed by atoms with Gasteiger partial charge in [-0.25, -0.2) is 0 Å². The van der Waals surface area contributed by atoms with Gasteiger partial charge in [0.15, 0.2) is 0 Å². The van der Waals surface area contributed by atoms with Crippen molar-refractivity contribution in [1.29, 1.82) is 0 Å². The fraction of sp³-hybridized carbons (Fsp3) is 0.0833. The maximum atomic E-state index is 8.87. The van der Waals surface area contributed by atoms with E-state index in [2.05, 4.69) is 4.98 Å². The zero-order valence-electron chi connectivity index (χ0n) is 8.02. The van der Waals surface area contributed by atoms with Crippen LogP contribution in [0.15, 0.2) is 42.6 Å². The van der Waals surface area contributed by atoms with Crippen LogP contribution in [0.1, 0.15) is 5.69 Å². The summed E-state index contributed by atoms with van der Waals surface area (Å²) in [6.07, 6.45) is 1.72. The van der Waals surface area contributed by atoms with Crippen molar-refractivity contribution in [2.75, 3.05) is 0 Å². The first kappa shape index (κ1) is 10.1. The van der Waals surface area contributed by atoms with Gasteiger partial charge in [-0.2, -0.15) is 0 Å². The highest BCUT2D eigenvalue weighted by atomic mass is 35.5. The number of rotatable bonds is 2. The number of aliphatic hydroxyl groups is 1.